The van der Waals surface area contributed by atoms with Crippen molar-refractivity contribution >= 4 is 15.9 Å². The van der Waals surface area contributed by atoms with Gasteiger partial charge >= 0.3 is 0 Å². The number of sulfonamides is 1. The maximum absolute atomic E-state index is 12.8. The van der Waals surface area contributed by atoms with Gasteiger partial charge in [-0.15, -0.1) is 6.58 Å². The molecule has 0 heterocycles. The van der Waals surface area contributed by atoms with Crippen molar-refractivity contribution in [1.29, 1.82) is 0 Å². The number of carbonyl (C=O) groups excluding carboxylic acids is 1. The molecule has 0 aliphatic heterocycles. The molecule has 7 heteroatoms. The summed E-state index contributed by atoms with van der Waals surface area (Å²) in [5.41, 5.74) is 3.07. The fourth-order valence-corrected chi connectivity index (χ4v) is 4.10. The minimum atomic E-state index is -3.81. The molecule has 0 aliphatic carbocycles. The van der Waals surface area contributed by atoms with Crippen molar-refractivity contribution in [3.63, 3.8) is 0 Å². The van der Waals surface area contributed by atoms with Gasteiger partial charge in [0, 0.05) is 18.7 Å². The first-order chi connectivity index (χ1) is 15.5. The molecule has 0 saturated heterocycles. The van der Waals surface area contributed by atoms with Gasteiger partial charge in [-0.2, -0.15) is 0 Å². The van der Waals surface area contributed by atoms with Gasteiger partial charge in [-0.1, -0.05) is 66.7 Å². The highest BCUT2D eigenvalue weighted by molar-refractivity contribution is 7.89. The van der Waals surface area contributed by atoms with E-state index in [1.807, 2.05) is 54.6 Å². The van der Waals surface area contributed by atoms with Crippen LogP contribution in [0.4, 0.5) is 0 Å². The Kier molecular flexibility index (Phi) is 8.33. The summed E-state index contributed by atoms with van der Waals surface area (Å²) in [6.07, 6.45) is 1.56. The van der Waals surface area contributed by atoms with E-state index in [1.54, 1.807) is 18.2 Å². The fraction of sp³-hybridized carbons (Fsp3) is 0.160. The lowest BCUT2D eigenvalue weighted by atomic mass is 10.1. The third-order valence-corrected chi connectivity index (χ3v) is 6.15. The molecule has 6 nitrogen and oxygen atoms in total. The average Bonchev–Trinajstić information content (AvgIpc) is 2.82. The highest BCUT2D eigenvalue weighted by atomic mass is 32.2. The van der Waals surface area contributed by atoms with Crippen LogP contribution in [0.15, 0.2) is 96.4 Å². The summed E-state index contributed by atoms with van der Waals surface area (Å²) in [6, 6.07) is 23.3. The zero-order valence-electron chi connectivity index (χ0n) is 17.7. The molecule has 0 atom stereocenters. The van der Waals surface area contributed by atoms with Crippen molar-refractivity contribution in [1.82, 2.24) is 10.0 Å². The van der Waals surface area contributed by atoms with Gasteiger partial charge in [-0.25, -0.2) is 13.1 Å². The molecule has 3 aromatic rings. The Morgan fingerprint density at radius 3 is 2.38 bits per heavy atom. The largest absolute Gasteiger partial charge is 0.372 e. The lowest BCUT2D eigenvalue weighted by molar-refractivity contribution is 0.0957. The van der Waals surface area contributed by atoms with E-state index in [-0.39, 0.29) is 22.9 Å². The number of benzene rings is 3. The van der Waals surface area contributed by atoms with E-state index in [4.69, 9.17) is 4.74 Å². The van der Waals surface area contributed by atoms with Gasteiger partial charge in [0.1, 0.15) is 0 Å². The molecule has 0 aliphatic rings. The van der Waals surface area contributed by atoms with Gasteiger partial charge in [-0.3, -0.25) is 4.79 Å². The zero-order chi connectivity index (χ0) is 22.8. The summed E-state index contributed by atoms with van der Waals surface area (Å²) in [5, 5.41) is 2.64. The molecular formula is C25H26N2O4S. The molecule has 166 valence electrons. The van der Waals surface area contributed by atoms with E-state index in [0.29, 0.717) is 19.8 Å². The van der Waals surface area contributed by atoms with E-state index in [1.165, 1.54) is 12.1 Å². The Morgan fingerprint density at radius 1 is 0.906 bits per heavy atom. The van der Waals surface area contributed by atoms with Crippen molar-refractivity contribution in [3.05, 3.63) is 114 Å². The molecule has 0 bridgehead atoms. The third-order valence-electron chi connectivity index (χ3n) is 4.75. The van der Waals surface area contributed by atoms with Gasteiger partial charge in [0.25, 0.3) is 5.91 Å². The fourth-order valence-electron chi connectivity index (χ4n) is 3.05. The number of hydrogen-bond acceptors (Lipinski definition) is 4. The van der Waals surface area contributed by atoms with Crippen molar-refractivity contribution in [3.8, 4) is 0 Å². The summed E-state index contributed by atoms with van der Waals surface area (Å²) in [5.74, 6) is -0.358. The Hall–Kier alpha value is -3.26. The lowest BCUT2D eigenvalue weighted by Gasteiger charge is -2.12. The van der Waals surface area contributed by atoms with E-state index in [0.717, 1.165) is 16.7 Å². The van der Waals surface area contributed by atoms with Crippen molar-refractivity contribution in [2.24, 2.45) is 0 Å². The quantitative estimate of drug-likeness (QED) is 0.435. The van der Waals surface area contributed by atoms with Crippen LogP contribution in [0.1, 0.15) is 27.0 Å². The molecule has 0 radical (unpaired) electrons. The number of carbonyl (C=O) groups is 1. The summed E-state index contributed by atoms with van der Waals surface area (Å²) in [7, 11) is -3.81. The Morgan fingerprint density at radius 2 is 1.62 bits per heavy atom. The first kappa shape index (κ1) is 23.4. The minimum Gasteiger partial charge on any atom is -0.372 e. The summed E-state index contributed by atoms with van der Waals surface area (Å²) < 4.78 is 34.1. The van der Waals surface area contributed by atoms with Gasteiger partial charge < -0.3 is 10.1 Å². The van der Waals surface area contributed by atoms with Crippen molar-refractivity contribution in [2.75, 3.05) is 6.54 Å². The van der Waals surface area contributed by atoms with Crippen LogP contribution in [0.5, 0.6) is 0 Å². The predicted octanol–water partition coefficient (Wildman–Crippen LogP) is 3.80. The van der Waals surface area contributed by atoms with Gasteiger partial charge in [0.2, 0.25) is 10.0 Å². The topological polar surface area (TPSA) is 84.5 Å². The number of nitrogens with one attached hydrogen (secondary N) is 2. The molecule has 1 amide bonds. The predicted molar refractivity (Wildman–Crippen MR) is 124 cm³/mol. The second kappa shape index (κ2) is 11.4. The Balaban J connectivity index is 1.64. The summed E-state index contributed by atoms with van der Waals surface area (Å²) in [6.45, 7) is 4.80. The smallest absolute Gasteiger partial charge is 0.251 e. The van der Waals surface area contributed by atoms with Crippen LogP contribution in [0.25, 0.3) is 0 Å². The highest BCUT2D eigenvalue weighted by Crippen LogP contribution is 2.15. The maximum Gasteiger partial charge on any atom is 0.251 e. The lowest BCUT2D eigenvalue weighted by Crippen LogP contribution is -2.26. The summed E-state index contributed by atoms with van der Waals surface area (Å²) in [4.78, 5) is 12.2. The molecule has 0 fully saturated rings. The van der Waals surface area contributed by atoms with Crippen molar-refractivity contribution in [2.45, 2.75) is 24.7 Å². The van der Waals surface area contributed by atoms with Crippen LogP contribution in [0, 0.1) is 0 Å². The molecule has 0 saturated carbocycles. The van der Waals surface area contributed by atoms with Crippen LogP contribution in [0.2, 0.25) is 0 Å². The first-order valence-corrected chi connectivity index (χ1v) is 11.6. The van der Waals surface area contributed by atoms with Crippen LogP contribution in [-0.4, -0.2) is 20.9 Å². The van der Waals surface area contributed by atoms with Crippen molar-refractivity contribution < 1.29 is 17.9 Å². The van der Waals surface area contributed by atoms with Gasteiger partial charge in [0.05, 0.1) is 18.1 Å². The molecule has 32 heavy (non-hydrogen) atoms. The number of rotatable bonds is 11. The van der Waals surface area contributed by atoms with E-state index < -0.39 is 10.0 Å². The second-order valence-electron chi connectivity index (χ2n) is 7.10. The van der Waals surface area contributed by atoms with E-state index >= 15 is 0 Å². The molecule has 0 spiro atoms. The molecule has 2 N–H and O–H groups in total. The Labute approximate surface area is 189 Å². The molecule has 3 aromatic carbocycles. The second-order valence-corrected chi connectivity index (χ2v) is 8.87. The molecular weight excluding hydrogens is 424 g/mol. The zero-order valence-corrected chi connectivity index (χ0v) is 18.5. The Bertz CT molecular complexity index is 1160. The van der Waals surface area contributed by atoms with Crippen LogP contribution >= 0.6 is 0 Å². The van der Waals surface area contributed by atoms with Gasteiger partial charge in [-0.05, 0) is 34.9 Å². The third kappa shape index (κ3) is 6.62. The number of amides is 1. The monoisotopic (exact) mass is 450 g/mol. The highest BCUT2D eigenvalue weighted by Gasteiger charge is 2.17. The van der Waals surface area contributed by atoms with E-state index in [9.17, 15) is 13.2 Å². The molecule has 0 aromatic heterocycles. The van der Waals surface area contributed by atoms with Crippen LogP contribution < -0.4 is 10.0 Å². The SMILES string of the molecule is C=CCNC(=O)c1cccc(S(=O)(=O)NCc2ccccc2COCc2ccccc2)c1. The van der Waals surface area contributed by atoms with Crippen LogP contribution in [0.3, 0.4) is 0 Å². The molecule has 3 rings (SSSR count). The van der Waals surface area contributed by atoms with E-state index in [2.05, 4.69) is 16.6 Å². The first-order valence-electron chi connectivity index (χ1n) is 10.2. The number of hydrogen-bond donors (Lipinski definition) is 2. The normalized spacial score (nSPS) is 11.1. The number of ether oxygens (including phenoxy) is 1. The maximum atomic E-state index is 12.8. The minimum absolute atomic E-state index is 0.0292. The van der Waals surface area contributed by atoms with Gasteiger partial charge in [0.15, 0.2) is 0 Å². The summed E-state index contributed by atoms with van der Waals surface area (Å²) >= 11 is 0. The average molecular weight is 451 g/mol. The standard InChI is InChI=1S/C25H26N2O4S/c1-2-15-26-25(28)21-13-8-14-24(16-21)32(29,30)27-17-22-11-6-7-12-23(22)19-31-18-20-9-4-3-5-10-20/h2-14,16,27H,1,15,17-19H2,(H,26,28). The van der Waals surface area contributed by atoms with Crippen LogP contribution in [-0.2, 0) is 34.5 Å². The molecule has 0 unspecified atom stereocenters.